The molecule has 108 valence electrons. The van der Waals surface area contributed by atoms with Crippen molar-refractivity contribution in [2.45, 2.75) is 19.4 Å². The van der Waals surface area contributed by atoms with Gasteiger partial charge in [-0.25, -0.2) is 0 Å². The van der Waals surface area contributed by atoms with Crippen molar-refractivity contribution in [3.05, 3.63) is 40.5 Å². The maximum Gasteiger partial charge on any atom is 0.201 e. The summed E-state index contributed by atoms with van der Waals surface area (Å²) in [5.41, 5.74) is 3.44. The summed E-state index contributed by atoms with van der Waals surface area (Å²) in [6.07, 6.45) is 0. The van der Waals surface area contributed by atoms with Gasteiger partial charge in [0, 0.05) is 35.7 Å². The minimum atomic E-state index is -0.238. The van der Waals surface area contributed by atoms with Crippen LogP contribution in [0.5, 0.6) is 28.7 Å². The highest BCUT2D eigenvalue weighted by Gasteiger charge is 2.36. The average molecular weight is 285 g/mol. The fraction of sp³-hybridized carbons (Fsp3) is 0.250. The number of rotatable bonds is 0. The van der Waals surface area contributed by atoms with Gasteiger partial charge in [-0.3, -0.25) is 0 Å². The van der Waals surface area contributed by atoms with Crippen molar-refractivity contribution in [3.63, 3.8) is 0 Å². The first-order valence-corrected chi connectivity index (χ1v) is 6.86. The van der Waals surface area contributed by atoms with Gasteiger partial charge in [-0.05, 0) is 24.6 Å². The lowest BCUT2D eigenvalue weighted by Gasteiger charge is -2.35. The van der Waals surface area contributed by atoms with E-state index in [2.05, 4.69) is 5.32 Å². The minimum Gasteiger partial charge on any atom is -0.508 e. The fourth-order valence-electron chi connectivity index (χ4n) is 3.30. The van der Waals surface area contributed by atoms with Crippen LogP contribution in [-0.2, 0) is 6.54 Å². The molecule has 0 radical (unpaired) electrons. The molecule has 1 unspecified atom stereocenters. The molecule has 2 aromatic rings. The second-order valence-corrected chi connectivity index (χ2v) is 5.57. The van der Waals surface area contributed by atoms with Crippen molar-refractivity contribution in [2.75, 3.05) is 6.54 Å². The first-order valence-electron chi connectivity index (χ1n) is 6.86. The Labute approximate surface area is 121 Å². The molecule has 0 saturated heterocycles. The lowest BCUT2D eigenvalue weighted by Crippen LogP contribution is -2.31. The predicted molar refractivity (Wildman–Crippen MR) is 76.2 cm³/mol. The summed E-state index contributed by atoms with van der Waals surface area (Å²) in [5.74, 6) is 0.789. The maximum absolute atomic E-state index is 10.2. The average Bonchev–Trinajstić information content (AvgIpc) is 2.48. The van der Waals surface area contributed by atoms with Gasteiger partial charge in [0.1, 0.15) is 11.5 Å². The number of aromatic hydroxyl groups is 3. The van der Waals surface area contributed by atoms with Crippen molar-refractivity contribution in [3.8, 4) is 28.7 Å². The van der Waals surface area contributed by atoms with E-state index >= 15 is 0 Å². The Kier molecular flexibility index (Phi) is 2.38. The van der Waals surface area contributed by atoms with Crippen LogP contribution in [0.4, 0.5) is 0 Å². The van der Waals surface area contributed by atoms with Crippen molar-refractivity contribution in [2.24, 2.45) is 0 Å². The normalized spacial score (nSPS) is 18.6. The van der Waals surface area contributed by atoms with Crippen LogP contribution in [0.25, 0.3) is 0 Å². The van der Waals surface area contributed by atoms with Crippen molar-refractivity contribution >= 4 is 0 Å². The van der Waals surface area contributed by atoms with E-state index in [-0.39, 0.29) is 23.2 Å². The number of benzene rings is 2. The van der Waals surface area contributed by atoms with E-state index in [1.54, 1.807) is 12.1 Å². The van der Waals surface area contributed by atoms with Gasteiger partial charge in [0.05, 0.1) is 0 Å². The summed E-state index contributed by atoms with van der Waals surface area (Å²) in [6, 6.07) is 4.89. The van der Waals surface area contributed by atoms with E-state index in [1.807, 2.05) is 6.92 Å². The van der Waals surface area contributed by atoms with Gasteiger partial charge in [-0.1, -0.05) is 6.07 Å². The number of fused-ring (bicyclic) bond motifs is 2. The SMILES string of the molecule is Cc1cc(O)c2c3c1Oc1c(ccc(O)c1O)C3CNC2. The van der Waals surface area contributed by atoms with Crippen LogP contribution in [0.1, 0.15) is 28.2 Å². The van der Waals surface area contributed by atoms with Gasteiger partial charge in [0.2, 0.25) is 5.75 Å². The molecule has 21 heavy (non-hydrogen) atoms. The van der Waals surface area contributed by atoms with Gasteiger partial charge >= 0.3 is 0 Å². The van der Waals surface area contributed by atoms with Crippen LogP contribution in [-0.4, -0.2) is 21.9 Å². The molecule has 0 aromatic heterocycles. The third-order valence-electron chi connectivity index (χ3n) is 4.31. The summed E-state index contributed by atoms with van der Waals surface area (Å²) >= 11 is 0. The van der Waals surface area contributed by atoms with Crippen LogP contribution >= 0.6 is 0 Å². The molecule has 0 saturated carbocycles. The monoisotopic (exact) mass is 285 g/mol. The Morgan fingerprint density at radius 3 is 2.76 bits per heavy atom. The van der Waals surface area contributed by atoms with E-state index in [1.165, 1.54) is 6.07 Å². The second kappa shape index (κ2) is 4.05. The third kappa shape index (κ3) is 1.55. The number of ether oxygens (including phenoxy) is 1. The molecule has 0 bridgehead atoms. The third-order valence-corrected chi connectivity index (χ3v) is 4.31. The van der Waals surface area contributed by atoms with Gasteiger partial charge in [-0.2, -0.15) is 0 Å². The van der Waals surface area contributed by atoms with E-state index in [4.69, 9.17) is 4.74 Å². The number of phenolic OH excluding ortho intramolecular Hbond substituents is 3. The Bertz CT molecular complexity index is 770. The molecule has 2 heterocycles. The fourth-order valence-corrected chi connectivity index (χ4v) is 3.30. The predicted octanol–water partition coefficient (Wildman–Crippen LogP) is 2.45. The molecular formula is C16H15NO4. The molecule has 5 heteroatoms. The Balaban J connectivity index is 2.03. The van der Waals surface area contributed by atoms with Crippen LogP contribution in [0.2, 0.25) is 0 Å². The Morgan fingerprint density at radius 2 is 1.95 bits per heavy atom. The highest BCUT2D eigenvalue weighted by atomic mass is 16.5. The van der Waals surface area contributed by atoms with Gasteiger partial charge in [0.25, 0.3) is 0 Å². The van der Waals surface area contributed by atoms with E-state index in [0.717, 1.165) is 22.3 Å². The maximum atomic E-state index is 10.2. The molecule has 4 N–H and O–H groups in total. The summed E-state index contributed by atoms with van der Waals surface area (Å²) < 4.78 is 5.87. The van der Waals surface area contributed by atoms with Crippen molar-refractivity contribution in [1.29, 1.82) is 0 Å². The lowest BCUT2D eigenvalue weighted by atomic mass is 9.81. The van der Waals surface area contributed by atoms with Gasteiger partial charge in [-0.15, -0.1) is 0 Å². The molecule has 2 aliphatic rings. The Morgan fingerprint density at radius 1 is 1.14 bits per heavy atom. The van der Waals surface area contributed by atoms with E-state index in [0.29, 0.717) is 24.6 Å². The second-order valence-electron chi connectivity index (χ2n) is 5.57. The van der Waals surface area contributed by atoms with E-state index < -0.39 is 0 Å². The molecule has 0 amide bonds. The molecule has 4 rings (SSSR count). The number of aryl methyl sites for hydroxylation is 1. The van der Waals surface area contributed by atoms with Crippen LogP contribution < -0.4 is 10.1 Å². The van der Waals surface area contributed by atoms with Crippen LogP contribution in [0.3, 0.4) is 0 Å². The van der Waals surface area contributed by atoms with Crippen molar-refractivity contribution in [1.82, 2.24) is 5.32 Å². The quantitative estimate of drug-likeness (QED) is 0.559. The zero-order valence-corrected chi connectivity index (χ0v) is 11.5. The lowest BCUT2D eigenvalue weighted by molar-refractivity contribution is 0.354. The number of phenols is 3. The molecule has 1 atom stereocenters. The summed E-state index contributed by atoms with van der Waals surface area (Å²) in [7, 11) is 0. The molecule has 0 spiro atoms. The molecule has 5 nitrogen and oxygen atoms in total. The summed E-state index contributed by atoms with van der Waals surface area (Å²) in [5, 5.41) is 33.2. The standard InChI is InChI=1S/C16H15NO4/c1-7-4-12(19)10-6-17-5-9-8-2-3-11(18)14(20)16(8)21-15(7)13(9)10/h2-4,9,17-20H,5-6H2,1H3. The van der Waals surface area contributed by atoms with Crippen molar-refractivity contribution < 1.29 is 20.1 Å². The smallest absolute Gasteiger partial charge is 0.201 e. The largest absolute Gasteiger partial charge is 0.508 e. The zero-order chi connectivity index (χ0) is 14.7. The zero-order valence-electron chi connectivity index (χ0n) is 11.5. The number of hydrogen-bond acceptors (Lipinski definition) is 5. The molecule has 0 fully saturated rings. The number of nitrogens with one attached hydrogen (secondary N) is 1. The molecule has 2 aromatic carbocycles. The highest BCUT2D eigenvalue weighted by molar-refractivity contribution is 5.67. The Hall–Kier alpha value is -2.40. The first kappa shape index (κ1) is 12.3. The summed E-state index contributed by atoms with van der Waals surface area (Å²) in [4.78, 5) is 0. The van der Waals surface area contributed by atoms with Gasteiger partial charge < -0.3 is 25.4 Å². The minimum absolute atomic E-state index is 0.00944. The number of hydrogen-bond donors (Lipinski definition) is 4. The van der Waals surface area contributed by atoms with Crippen LogP contribution in [0, 0.1) is 6.92 Å². The van der Waals surface area contributed by atoms with Crippen LogP contribution in [0.15, 0.2) is 18.2 Å². The van der Waals surface area contributed by atoms with Gasteiger partial charge in [0.15, 0.2) is 11.5 Å². The molecule has 0 aliphatic carbocycles. The molecule has 2 aliphatic heterocycles. The van der Waals surface area contributed by atoms with E-state index in [9.17, 15) is 15.3 Å². The first-order chi connectivity index (χ1) is 10.1. The molecular weight excluding hydrogens is 270 g/mol. The highest BCUT2D eigenvalue weighted by Crippen LogP contribution is 2.54. The summed E-state index contributed by atoms with van der Waals surface area (Å²) in [6.45, 7) is 3.15. The topological polar surface area (TPSA) is 82.0 Å².